The van der Waals surface area contributed by atoms with Crippen LogP contribution in [0.3, 0.4) is 0 Å². The lowest BCUT2D eigenvalue weighted by Gasteiger charge is -2.48. The number of allylic oxidation sites excluding steroid dienone is 1. The number of ether oxygens (including phenoxy) is 1. The highest BCUT2D eigenvalue weighted by Gasteiger charge is 2.53. The van der Waals surface area contributed by atoms with Crippen LogP contribution in [0.1, 0.15) is 66.8 Å². The summed E-state index contributed by atoms with van der Waals surface area (Å²) in [6.45, 7) is 5.97. The summed E-state index contributed by atoms with van der Waals surface area (Å²) in [6, 6.07) is 5.80. The first kappa shape index (κ1) is 27.2. The Hall–Kier alpha value is -3.61. The Morgan fingerprint density at radius 1 is 1.26 bits per heavy atom. The molecule has 1 amide bonds. The Morgan fingerprint density at radius 2 is 2.05 bits per heavy atom. The van der Waals surface area contributed by atoms with Gasteiger partial charge in [-0.2, -0.15) is 0 Å². The van der Waals surface area contributed by atoms with Crippen molar-refractivity contribution in [2.45, 2.75) is 69.8 Å². The molecule has 1 saturated carbocycles. The van der Waals surface area contributed by atoms with E-state index in [1.54, 1.807) is 16.8 Å². The van der Waals surface area contributed by atoms with E-state index in [-0.39, 0.29) is 23.8 Å². The molecular weight excluding hydrogens is 554 g/mol. The highest BCUT2D eigenvalue weighted by Crippen LogP contribution is 2.53. The third kappa shape index (κ3) is 4.52. The number of aliphatic hydroxyl groups is 1. The largest absolute Gasteiger partial charge is 0.467 e. The lowest BCUT2D eigenvalue weighted by molar-refractivity contribution is -0.145. The first-order valence-corrected chi connectivity index (χ1v) is 15.4. The Labute approximate surface area is 248 Å². The zero-order valence-corrected chi connectivity index (χ0v) is 24.7. The topological polar surface area (TPSA) is 134 Å². The van der Waals surface area contributed by atoms with Crippen molar-refractivity contribution in [3.05, 3.63) is 64.2 Å². The number of methoxy groups -OCH3 is 1. The van der Waals surface area contributed by atoms with Crippen LogP contribution in [0.4, 0.5) is 0 Å². The number of nitrogens with one attached hydrogen (secondary N) is 2. The Balaban J connectivity index is 1.14. The average molecular weight is 590 g/mol. The highest BCUT2D eigenvalue weighted by molar-refractivity contribution is 7.13. The maximum atomic E-state index is 13.9. The molecule has 3 aromatic rings. The van der Waals surface area contributed by atoms with Crippen molar-refractivity contribution in [3.8, 4) is 10.4 Å². The van der Waals surface area contributed by atoms with Gasteiger partial charge in [-0.25, -0.2) is 14.5 Å². The fourth-order valence-corrected chi connectivity index (χ4v) is 7.56. The minimum atomic E-state index is -0.982. The normalized spacial score (nSPS) is 27.3. The number of likely N-dealkylation sites (tertiary alicyclic amines) is 1. The molecule has 0 spiro atoms. The van der Waals surface area contributed by atoms with E-state index in [0.29, 0.717) is 24.6 Å². The van der Waals surface area contributed by atoms with Crippen LogP contribution in [0.2, 0.25) is 0 Å². The number of carbonyl (C=O) groups excluding carboxylic acids is 2. The molecule has 1 aromatic carbocycles. The first-order chi connectivity index (χ1) is 20.3. The molecule has 0 bridgehead atoms. The number of rotatable bonds is 7. The van der Waals surface area contributed by atoms with Gasteiger partial charge in [0.1, 0.15) is 12.1 Å². The summed E-state index contributed by atoms with van der Waals surface area (Å²) in [5.74, 6) is -0.404. The van der Waals surface area contributed by atoms with Gasteiger partial charge in [-0.3, -0.25) is 4.79 Å². The van der Waals surface area contributed by atoms with E-state index in [4.69, 9.17) is 4.74 Å². The predicted octanol–water partition coefficient (Wildman–Crippen LogP) is 2.60. The number of hydrogen-bond acceptors (Lipinski definition) is 10. The predicted molar refractivity (Wildman–Crippen MR) is 155 cm³/mol. The number of aryl methyl sites for hydroxylation is 1. The quantitative estimate of drug-likeness (QED) is 0.356. The van der Waals surface area contributed by atoms with Crippen LogP contribution < -0.4 is 10.6 Å². The van der Waals surface area contributed by atoms with Crippen LogP contribution >= 0.6 is 11.3 Å². The average Bonchev–Trinajstić information content (AvgIpc) is 3.46. The van der Waals surface area contributed by atoms with Crippen molar-refractivity contribution in [1.29, 1.82) is 0 Å². The molecule has 7 rings (SSSR count). The van der Waals surface area contributed by atoms with Gasteiger partial charge >= 0.3 is 5.97 Å². The van der Waals surface area contributed by atoms with Gasteiger partial charge in [0.2, 0.25) is 5.91 Å². The SMILES string of the molecule is COC(=O)[C@H](NC(=O)[C@@H]1C[C@@H](O)CN1C1=CC2(C)CNCc3c(C4CC4)nnn3[C@H]12)c1ccc(-c2scnc2C)cc1. The molecule has 42 heavy (non-hydrogen) atoms. The van der Waals surface area contributed by atoms with E-state index in [2.05, 4.69) is 38.9 Å². The van der Waals surface area contributed by atoms with Crippen molar-refractivity contribution in [2.75, 3.05) is 20.2 Å². The van der Waals surface area contributed by atoms with E-state index in [9.17, 15) is 14.7 Å². The number of β-amino-alcohol motifs (C(OH)–C–C–N with tert-alkyl or cyclic N) is 1. The lowest BCUT2D eigenvalue weighted by Crippen LogP contribution is -2.52. The van der Waals surface area contributed by atoms with Crippen molar-refractivity contribution < 1.29 is 19.4 Å². The monoisotopic (exact) mass is 589 g/mol. The van der Waals surface area contributed by atoms with Crippen molar-refractivity contribution in [2.24, 2.45) is 5.41 Å². The van der Waals surface area contributed by atoms with E-state index in [1.807, 2.05) is 40.8 Å². The number of aliphatic hydroxyl groups excluding tert-OH is 1. The molecule has 2 aromatic heterocycles. The summed E-state index contributed by atoms with van der Waals surface area (Å²) in [4.78, 5) is 34.1. The Morgan fingerprint density at radius 3 is 2.74 bits per heavy atom. The van der Waals surface area contributed by atoms with Crippen LogP contribution in [-0.4, -0.2) is 74.2 Å². The van der Waals surface area contributed by atoms with Crippen LogP contribution in [0.15, 0.2) is 41.5 Å². The zero-order valence-electron chi connectivity index (χ0n) is 23.9. The van der Waals surface area contributed by atoms with Crippen molar-refractivity contribution in [1.82, 2.24) is 35.5 Å². The fraction of sp³-hybridized carbons (Fsp3) is 0.500. The number of nitrogens with zero attached hydrogens (tertiary/aromatic N) is 5. The van der Waals surface area contributed by atoms with Crippen LogP contribution in [0.5, 0.6) is 0 Å². The van der Waals surface area contributed by atoms with Crippen LogP contribution in [0.25, 0.3) is 10.4 Å². The van der Waals surface area contributed by atoms with Gasteiger partial charge < -0.3 is 25.4 Å². The molecule has 2 fully saturated rings. The molecule has 1 unspecified atom stereocenters. The van der Waals surface area contributed by atoms with E-state index < -0.39 is 24.2 Å². The van der Waals surface area contributed by atoms with E-state index in [1.165, 1.54) is 7.11 Å². The van der Waals surface area contributed by atoms with Gasteiger partial charge in [-0.15, -0.1) is 16.4 Å². The maximum absolute atomic E-state index is 13.9. The van der Waals surface area contributed by atoms with Gasteiger partial charge in [-0.1, -0.05) is 42.5 Å². The summed E-state index contributed by atoms with van der Waals surface area (Å²) in [5, 5.41) is 26.4. The second-order valence-electron chi connectivity index (χ2n) is 12.1. The highest BCUT2D eigenvalue weighted by atomic mass is 32.1. The van der Waals surface area contributed by atoms with Crippen molar-refractivity contribution in [3.63, 3.8) is 0 Å². The molecule has 12 heteroatoms. The van der Waals surface area contributed by atoms with Gasteiger partial charge in [0, 0.05) is 43.1 Å². The number of esters is 1. The summed E-state index contributed by atoms with van der Waals surface area (Å²) >= 11 is 1.56. The minimum Gasteiger partial charge on any atom is -0.467 e. The maximum Gasteiger partial charge on any atom is 0.333 e. The zero-order chi connectivity index (χ0) is 29.2. The van der Waals surface area contributed by atoms with Gasteiger partial charge in [0.05, 0.1) is 40.7 Å². The second-order valence-corrected chi connectivity index (χ2v) is 13.0. The standard InChI is InChI=1S/C30H35N7O4S/c1-16-26(42-15-32-16)19-8-6-18(7-9-19)25(29(40)41-3)33-28(39)21-10-20(38)13-36(21)22-11-30(2)14-31-12-23-24(17-4-5-17)34-35-37(23)27(22)30/h6-9,11,15,17,20-21,25,27,31,38H,4-5,10,12-14H2,1-3H3,(H,33,39)/t20-,21+,25-,27-,30?/m1/s1. The van der Waals surface area contributed by atoms with Crippen molar-refractivity contribution >= 4 is 23.2 Å². The number of thiazole rings is 1. The number of carbonyl (C=O) groups is 2. The molecule has 5 atom stereocenters. The summed E-state index contributed by atoms with van der Waals surface area (Å²) in [5.41, 5.74) is 7.32. The number of amides is 1. The molecule has 0 radical (unpaired) electrons. The first-order valence-electron chi connectivity index (χ1n) is 14.5. The van der Waals surface area contributed by atoms with E-state index in [0.717, 1.165) is 52.6 Å². The summed E-state index contributed by atoms with van der Waals surface area (Å²) in [7, 11) is 1.31. The van der Waals surface area contributed by atoms with Gasteiger partial charge in [-0.05, 0) is 30.9 Å². The number of benzene rings is 1. The number of fused-ring (bicyclic) bond motifs is 3. The third-order valence-corrected chi connectivity index (χ3v) is 10.1. The lowest BCUT2D eigenvalue weighted by atomic mass is 9.70. The molecule has 4 aliphatic rings. The molecule has 11 nitrogen and oxygen atoms in total. The Kier molecular flexibility index (Phi) is 6.67. The number of aromatic nitrogens is 4. The molecule has 2 aliphatic heterocycles. The van der Waals surface area contributed by atoms with Crippen LogP contribution in [-0.2, 0) is 20.9 Å². The molecule has 4 heterocycles. The summed E-state index contributed by atoms with van der Waals surface area (Å²) < 4.78 is 7.12. The molecule has 3 N–H and O–H groups in total. The number of hydrogen-bond donors (Lipinski definition) is 3. The van der Waals surface area contributed by atoms with Gasteiger partial charge in [0.25, 0.3) is 0 Å². The van der Waals surface area contributed by atoms with E-state index >= 15 is 0 Å². The van der Waals surface area contributed by atoms with Crippen LogP contribution in [0, 0.1) is 12.3 Å². The summed E-state index contributed by atoms with van der Waals surface area (Å²) in [6.07, 6.45) is 4.07. The molecule has 220 valence electrons. The molecule has 2 aliphatic carbocycles. The second kappa shape index (κ2) is 10.3. The molecular formula is C30H35N7O4S. The van der Waals surface area contributed by atoms with Gasteiger partial charge in [0.15, 0.2) is 6.04 Å². The Bertz CT molecular complexity index is 1560. The smallest absolute Gasteiger partial charge is 0.333 e. The minimum absolute atomic E-state index is 0.0951. The molecule has 1 saturated heterocycles. The third-order valence-electron chi connectivity index (χ3n) is 9.10. The fourth-order valence-electron chi connectivity index (χ4n) is 6.75.